The van der Waals surface area contributed by atoms with E-state index in [1.54, 1.807) is 0 Å². The van der Waals surface area contributed by atoms with Crippen LogP contribution in [0, 0.1) is 0 Å². The van der Waals surface area contributed by atoms with E-state index >= 15 is 0 Å². The number of carboxylic acid groups (broad SMARTS) is 1. The maximum Gasteiger partial charge on any atom is 0.303 e. The summed E-state index contributed by atoms with van der Waals surface area (Å²) in [4.78, 5) is 20.7. The molecule has 0 rings (SSSR count). The Bertz CT molecular complexity index is 307. The molecule has 0 aliphatic rings. The Morgan fingerprint density at radius 3 is 2.08 bits per heavy atom. The van der Waals surface area contributed by atoms with E-state index < -0.39 is 40.1 Å². The van der Waals surface area contributed by atoms with Crippen molar-refractivity contribution in [1.82, 2.24) is 0 Å². The number of aliphatic carboxylic acids is 1. The molecule has 0 aromatic carbocycles. The Kier molecular flexibility index (Phi) is 3.98. The first-order valence-electron chi connectivity index (χ1n) is 3.21. The first-order chi connectivity index (χ1) is 5.75. The summed E-state index contributed by atoms with van der Waals surface area (Å²) in [6.45, 7) is 0. The van der Waals surface area contributed by atoms with E-state index in [-0.39, 0.29) is 0 Å². The van der Waals surface area contributed by atoms with Gasteiger partial charge in [-0.25, -0.2) is 0 Å². The largest absolute Gasteiger partial charge is 0.481 e. The lowest BCUT2D eigenvalue weighted by molar-refractivity contribution is -0.138. The van der Waals surface area contributed by atoms with Gasteiger partial charge in [-0.3, -0.25) is 14.1 Å². The summed E-state index contributed by atoms with van der Waals surface area (Å²) in [5.41, 5.74) is 4.80. The summed E-state index contributed by atoms with van der Waals surface area (Å²) in [7, 11) is -4.61. The molecule has 8 heteroatoms. The van der Waals surface area contributed by atoms with Crippen LogP contribution in [0.5, 0.6) is 0 Å². The molecular formula is C5H9NO6S. The lowest BCUT2D eigenvalue weighted by Gasteiger charge is -2.04. The van der Waals surface area contributed by atoms with E-state index in [9.17, 15) is 18.0 Å². The lowest BCUT2D eigenvalue weighted by atomic mass is 10.2. The third-order valence-corrected chi connectivity index (χ3v) is 2.13. The molecule has 0 heterocycles. The van der Waals surface area contributed by atoms with Gasteiger partial charge in [0.25, 0.3) is 10.1 Å². The smallest absolute Gasteiger partial charge is 0.303 e. The van der Waals surface area contributed by atoms with Crippen LogP contribution in [-0.2, 0) is 19.7 Å². The number of carboxylic acids is 1. The van der Waals surface area contributed by atoms with Crippen LogP contribution < -0.4 is 5.73 Å². The van der Waals surface area contributed by atoms with Crippen molar-refractivity contribution in [2.75, 3.05) is 0 Å². The number of ketones is 1. The minimum absolute atomic E-state index is 0.512. The van der Waals surface area contributed by atoms with Crippen LogP contribution in [0.2, 0.25) is 0 Å². The highest BCUT2D eigenvalue weighted by Gasteiger charge is 2.26. The number of carbonyl (C=O) groups is 2. The lowest BCUT2D eigenvalue weighted by Crippen LogP contribution is -2.38. The predicted molar refractivity (Wildman–Crippen MR) is 41.4 cm³/mol. The number of carbonyl (C=O) groups excluding carboxylic acids is 1. The van der Waals surface area contributed by atoms with Gasteiger partial charge in [-0.1, -0.05) is 0 Å². The van der Waals surface area contributed by atoms with Crippen LogP contribution >= 0.6 is 0 Å². The van der Waals surface area contributed by atoms with Crippen LogP contribution in [0.4, 0.5) is 0 Å². The highest BCUT2D eigenvalue weighted by atomic mass is 32.2. The van der Waals surface area contributed by atoms with Gasteiger partial charge in [0, 0.05) is 6.42 Å². The molecule has 0 saturated heterocycles. The van der Waals surface area contributed by atoms with Crippen LogP contribution in [0.25, 0.3) is 0 Å². The molecule has 0 radical (unpaired) electrons. The molecule has 13 heavy (non-hydrogen) atoms. The molecule has 0 aromatic heterocycles. The SMILES string of the molecule is NC(C(=O)CCC(=O)O)S(=O)(=O)O. The number of hydrogen-bond donors (Lipinski definition) is 3. The van der Waals surface area contributed by atoms with Crippen molar-refractivity contribution in [3.05, 3.63) is 0 Å². The zero-order valence-corrected chi connectivity index (χ0v) is 7.32. The molecule has 0 fully saturated rings. The Morgan fingerprint density at radius 1 is 1.31 bits per heavy atom. The molecule has 1 unspecified atom stereocenters. The maximum absolute atomic E-state index is 10.8. The summed E-state index contributed by atoms with van der Waals surface area (Å²) >= 11 is 0. The summed E-state index contributed by atoms with van der Waals surface area (Å²) in [6, 6.07) is 0. The third kappa shape index (κ3) is 4.55. The van der Waals surface area contributed by atoms with E-state index in [4.69, 9.17) is 15.4 Å². The molecule has 1 atom stereocenters. The highest BCUT2D eigenvalue weighted by Crippen LogP contribution is 1.99. The van der Waals surface area contributed by atoms with Crippen molar-refractivity contribution < 1.29 is 27.7 Å². The molecule has 4 N–H and O–H groups in total. The standard InChI is InChI=1S/C5H9NO6S/c6-5(13(10,11)12)3(7)1-2-4(8)9/h5H,1-2,6H2,(H,8,9)(H,10,11,12). The van der Waals surface area contributed by atoms with Crippen LogP contribution in [0.3, 0.4) is 0 Å². The van der Waals surface area contributed by atoms with Crippen LogP contribution in [0.1, 0.15) is 12.8 Å². The number of rotatable bonds is 5. The fourth-order valence-corrected chi connectivity index (χ4v) is 0.989. The Labute approximate surface area is 74.3 Å². The average Bonchev–Trinajstić information content (AvgIpc) is 1.96. The maximum atomic E-state index is 10.8. The number of Topliss-reactive ketones (excluding diaryl/α,β-unsaturated/α-hetero) is 1. The third-order valence-electron chi connectivity index (χ3n) is 1.22. The normalized spacial score (nSPS) is 13.7. The molecule has 0 aliphatic heterocycles. The van der Waals surface area contributed by atoms with Crippen molar-refractivity contribution in [3.8, 4) is 0 Å². The fraction of sp³-hybridized carbons (Fsp3) is 0.600. The van der Waals surface area contributed by atoms with Crippen molar-refractivity contribution in [3.63, 3.8) is 0 Å². The van der Waals surface area contributed by atoms with Gasteiger partial charge in [-0.05, 0) is 0 Å². The Hall–Kier alpha value is -0.990. The van der Waals surface area contributed by atoms with Gasteiger partial charge in [0.05, 0.1) is 6.42 Å². The molecule has 0 aliphatic carbocycles. The molecule has 0 saturated carbocycles. The average molecular weight is 211 g/mol. The van der Waals surface area contributed by atoms with E-state index in [1.165, 1.54) is 0 Å². The summed E-state index contributed by atoms with van der Waals surface area (Å²) in [5, 5.41) is 6.09. The van der Waals surface area contributed by atoms with Crippen molar-refractivity contribution >= 4 is 21.9 Å². The second-order valence-corrected chi connectivity index (χ2v) is 3.83. The fourth-order valence-electron chi connectivity index (χ4n) is 0.539. The first kappa shape index (κ1) is 12.0. The van der Waals surface area contributed by atoms with Crippen molar-refractivity contribution in [1.29, 1.82) is 0 Å². The van der Waals surface area contributed by atoms with Gasteiger partial charge in [0.2, 0.25) is 0 Å². The summed E-state index contributed by atoms with van der Waals surface area (Å²) in [5.74, 6) is -2.26. The number of nitrogens with two attached hydrogens (primary N) is 1. The Balaban J connectivity index is 4.22. The minimum Gasteiger partial charge on any atom is -0.481 e. The summed E-state index contributed by atoms with van der Waals surface area (Å²) in [6.07, 6.45) is -1.03. The van der Waals surface area contributed by atoms with Gasteiger partial charge >= 0.3 is 5.97 Å². The zero-order valence-electron chi connectivity index (χ0n) is 6.50. The van der Waals surface area contributed by atoms with E-state index in [2.05, 4.69) is 0 Å². The van der Waals surface area contributed by atoms with E-state index in [1.807, 2.05) is 0 Å². The van der Waals surface area contributed by atoms with Gasteiger partial charge in [0.1, 0.15) is 0 Å². The second kappa shape index (κ2) is 4.30. The molecule has 0 spiro atoms. The molecule has 76 valence electrons. The topological polar surface area (TPSA) is 135 Å². The molecular weight excluding hydrogens is 202 g/mol. The first-order valence-corrected chi connectivity index (χ1v) is 4.72. The van der Waals surface area contributed by atoms with Crippen LogP contribution in [0.15, 0.2) is 0 Å². The van der Waals surface area contributed by atoms with Gasteiger partial charge in [-0.2, -0.15) is 8.42 Å². The number of hydrogen-bond acceptors (Lipinski definition) is 5. The van der Waals surface area contributed by atoms with Gasteiger partial charge in [0.15, 0.2) is 11.2 Å². The molecule has 7 nitrogen and oxygen atoms in total. The Morgan fingerprint density at radius 2 is 1.77 bits per heavy atom. The summed E-state index contributed by atoms with van der Waals surface area (Å²) < 4.78 is 28.9. The van der Waals surface area contributed by atoms with Gasteiger partial charge in [-0.15, -0.1) is 0 Å². The molecule has 0 bridgehead atoms. The highest BCUT2D eigenvalue weighted by molar-refractivity contribution is 7.87. The molecule has 0 amide bonds. The van der Waals surface area contributed by atoms with E-state index in [0.717, 1.165) is 0 Å². The predicted octanol–water partition coefficient (Wildman–Crippen LogP) is -1.41. The van der Waals surface area contributed by atoms with E-state index in [0.29, 0.717) is 0 Å². The van der Waals surface area contributed by atoms with Gasteiger partial charge < -0.3 is 10.8 Å². The van der Waals surface area contributed by atoms with Crippen molar-refractivity contribution in [2.45, 2.75) is 18.2 Å². The zero-order chi connectivity index (χ0) is 10.6. The quantitative estimate of drug-likeness (QED) is 0.475. The van der Waals surface area contributed by atoms with Crippen molar-refractivity contribution in [2.24, 2.45) is 5.73 Å². The van der Waals surface area contributed by atoms with Crippen LogP contribution in [-0.4, -0.2) is 35.2 Å². The molecule has 0 aromatic rings. The monoisotopic (exact) mass is 211 g/mol. The minimum atomic E-state index is -4.61. The second-order valence-electron chi connectivity index (χ2n) is 2.30.